The van der Waals surface area contributed by atoms with Crippen LogP contribution in [0.15, 0.2) is 27.1 Å². The van der Waals surface area contributed by atoms with Crippen LogP contribution in [-0.4, -0.2) is 5.78 Å². The number of carbonyl (C=O) groups is 1. The van der Waals surface area contributed by atoms with E-state index in [0.717, 1.165) is 37.8 Å². The summed E-state index contributed by atoms with van der Waals surface area (Å²) in [6.45, 7) is 2.02. The molecule has 0 fully saturated rings. The molecule has 4 heteroatoms. The minimum absolute atomic E-state index is 0.118. The Hall–Kier alpha value is -0.450. The number of ketones is 1. The van der Waals surface area contributed by atoms with Gasteiger partial charge in [0.2, 0.25) is 5.78 Å². The van der Waals surface area contributed by atoms with Gasteiger partial charge in [0.1, 0.15) is 0 Å². The molecule has 1 aliphatic rings. The van der Waals surface area contributed by atoms with Crippen molar-refractivity contribution in [1.82, 2.24) is 0 Å². The summed E-state index contributed by atoms with van der Waals surface area (Å²) >= 11 is 8.65. The van der Waals surface area contributed by atoms with E-state index >= 15 is 0 Å². The van der Waals surface area contributed by atoms with Crippen LogP contribution < -0.4 is 0 Å². The number of fused-ring (bicyclic) bond motifs is 1. The summed E-state index contributed by atoms with van der Waals surface area (Å²) in [5, 5.41) is 0. The monoisotopic (exact) mass is 398 g/mol. The van der Waals surface area contributed by atoms with Gasteiger partial charge in [0, 0.05) is 19.4 Å². The third kappa shape index (κ3) is 2.46. The summed E-state index contributed by atoms with van der Waals surface area (Å²) in [4.78, 5) is 14.9. The van der Waals surface area contributed by atoms with E-state index in [-0.39, 0.29) is 5.78 Å². The van der Waals surface area contributed by atoms with Crippen molar-refractivity contribution in [3.05, 3.63) is 53.6 Å². The molecule has 3 rings (SSSR count). The van der Waals surface area contributed by atoms with Crippen LogP contribution in [0.4, 0.5) is 0 Å². The predicted molar refractivity (Wildman–Crippen MR) is 86.4 cm³/mol. The number of halogens is 2. The topological polar surface area (TPSA) is 17.1 Å². The molecular weight excluding hydrogens is 388 g/mol. The first-order valence-electron chi connectivity index (χ1n) is 6.18. The first kappa shape index (κ1) is 13.5. The smallest absolute Gasteiger partial charge is 0.204 e. The Bertz CT molecular complexity index is 652. The van der Waals surface area contributed by atoms with Gasteiger partial charge in [-0.1, -0.05) is 31.9 Å². The molecule has 0 amide bonds. The molecule has 1 nitrogen and oxygen atoms in total. The molecule has 0 unspecified atom stereocenters. The van der Waals surface area contributed by atoms with Crippen LogP contribution in [0.25, 0.3) is 0 Å². The van der Waals surface area contributed by atoms with Gasteiger partial charge >= 0.3 is 0 Å². The number of benzene rings is 1. The summed E-state index contributed by atoms with van der Waals surface area (Å²) in [7, 11) is 0. The Labute approximate surface area is 133 Å². The summed E-state index contributed by atoms with van der Waals surface area (Å²) in [6.07, 6.45) is 3.49. The second-order valence-electron chi connectivity index (χ2n) is 4.82. The largest absolute Gasteiger partial charge is 0.288 e. The average molecular weight is 400 g/mol. The second kappa shape index (κ2) is 5.15. The fourth-order valence-corrected chi connectivity index (χ4v) is 4.58. The van der Waals surface area contributed by atoms with Crippen LogP contribution >= 0.6 is 43.2 Å². The molecule has 1 aromatic heterocycles. The van der Waals surface area contributed by atoms with Crippen LogP contribution in [-0.2, 0) is 12.8 Å². The van der Waals surface area contributed by atoms with Crippen molar-refractivity contribution >= 4 is 49.0 Å². The van der Waals surface area contributed by atoms with Crippen LogP contribution in [0, 0.1) is 6.92 Å². The van der Waals surface area contributed by atoms with Gasteiger partial charge in [0.15, 0.2) is 0 Å². The Morgan fingerprint density at radius 2 is 1.95 bits per heavy atom. The van der Waals surface area contributed by atoms with Crippen molar-refractivity contribution in [2.24, 2.45) is 0 Å². The Morgan fingerprint density at radius 3 is 2.68 bits per heavy atom. The van der Waals surface area contributed by atoms with Crippen molar-refractivity contribution < 1.29 is 4.79 Å². The van der Waals surface area contributed by atoms with Gasteiger partial charge in [-0.25, -0.2) is 0 Å². The van der Waals surface area contributed by atoms with Gasteiger partial charge in [-0.3, -0.25) is 4.79 Å². The third-order valence-electron chi connectivity index (χ3n) is 3.46. The summed E-state index contributed by atoms with van der Waals surface area (Å²) < 4.78 is 1.84. The van der Waals surface area contributed by atoms with E-state index in [0.29, 0.717) is 0 Å². The second-order valence-corrected chi connectivity index (χ2v) is 7.67. The highest BCUT2D eigenvalue weighted by molar-refractivity contribution is 9.11. The minimum Gasteiger partial charge on any atom is -0.288 e. The van der Waals surface area contributed by atoms with E-state index in [9.17, 15) is 4.79 Å². The number of rotatable bonds is 2. The summed E-state index contributed by atoms with van der Waals surface area (Å²) in [5.74, 6) is 0.118. The van der Waals surface area contributed by atoms with Crippen LogP contribution in [0.1, 0.15) is 37.7 Å². The maximum atomic E-state index is 12.6. The Balaban J connectivity index is 2.01. The lowest BCUT2D eigenvalue weighted by atomic mass is 10.1. The van der Waals surface area contributed by atoms with Gasteiger partial charge in [-0.15, -0.1) is 11.3 Å². The van der Waals surface area contributed by atoms with E-state index in [1.807, 2.05) is 19.1 Å². The SMILES string of the molecule is Cc1cc(Br)c(C(=O)c2cc3c(s2)CCC3)cc1Br. The highest BCUT2D eigenvalue weighted by atomic mass is 79.9. The van der Waals surface area contributed by atoms with Gasteiger partial charge in [-0.05, 0) is 55.5 Å². The zero-order valence-corrected chi connectivity index (χ0v) is 14.4. The normalized spacial score (nSPS) is 13.6. The molecule has 0 spiro atoms. The zero-order chi connectivity index (χ0) is 13.6. The van der Waals surface area contributed by atoms with E-state index in [1.54, 1.807) is 11.3 Å². The number of hydrogen-bond donors (Lipinski definition) is 0. The van der Waals surface area contributed by atoms with Crippen molar-refractivity contribution in [3.8, 4) is 0 Å². The van der Waals surface area contributed by atoms with E-state index in [4.69, 9.17) is 0 Å². The van der Waals surface area contributed by atoms with Crippen molar-refractivity contribution in [2.75, 3.05) is 0 Å². The number of thiophene rings is 1. The number of aryl methyl sites for hydroxylation is 3. The highest BCUT2D eigenvalue weighted by Gasteiger charge is 2.21. The predicted octanol–water partition coefficient (Wildman–Crippen LogP) is 5.30. The molecule has 98 valence electrons. The van der Waals surface area contributed by atoms with Crippen molar-refractivity contribution in [1.29, 1.82) is 0 Å². The average Bonchev–Trinajstić information content (AvgIpc) is 2.93. The van der Waals surface area contributed by atoms with Gasteiger partial charge < -0.3 is 0 Å². The van der Waals surface area contributed by atoms with Crippen molar-refractivity contribution in [3.63, 3.8) is 0 Å². The third-order valence-corrected chi connectivity index (χ3v) is 6.21. The molecular formula is C15H12Br2OS. The van der Waals surface area contributed by atoms with Crippen LogP contribution in [0.5, 0.6) is 0 Å². The fourth-order valence-electron chi connectivity index (χ4n) is 2.39. The van der Waals surface area contributed by atoms with E-state index in [2.05, 4.69) is 37.9 Å². The maximum absolute atomic E-state index is 12.6. The van der Waals surface area contributed by atoms with E-state index in [1.165, 1.54) is 16.9 Å². The van der Waals surface area contributed by atoms with Gasteiger partial charge in [-0.2, -0.15) is 0 Å². The molecule has 1 aromatic carbocycles. The molecule has 2 aromatic rings. The molecule has 0 bridgehead atoms. The Morgan fingerprint density at radius 1 is 1.16 bits per heavy atom. The van der Waals surface area contributed by atoms with Gasteiger partial charge in [0.05, 0.1) is 4.88 Å². The van der Waals surface area contributed by atoms with Crippen LogP contribution in [0.2, 0.25) is 0 Å². The van der Waals surface area contributed by atoms with Crippen LogP contribution in [0.3, 0.4) is 0 Å². The molecule has 19 heavy (non-hydrogen) atoms. The first-order chi connectivity index (χ1) is 9.06. The standard InChI is InChI=1S/C15H12Br2OS/c1-8-5-12(17)10(7-11(8)16)15(18)14-6-9-3-2-4-13(9)19-14/h5-7H,2-4H2,1H3. The van der Waals surface area contributed by atoms with Gasteiger partial charge in [0.25, 0.3) is 0 Å². The minimum atomic E-state index is 0.118. The summed E-state index contributed by atoms with van der Waals surface area (Å²) in [6, 6.07) is 5.97. The fraction of sp³-hybridized carbons (Fsp3) is 0.267. The molecule has 0 saturated heterocycles. The molecule has 0 radical (unpaired) electrons. The molecule has 0 aliphatic heterocycles. The molecule has 0 N–H and O–H groups in total. The number of carbonyl (C=O) groups excluding carboxylic acids is 1. The molecule has 0 atom stereocenters. The lowest BCUT2D eigenvalue weighted by molar-refractivity contribution is 0.104. The summed E-state index contributed by atoms with van der Waals surface area (Å²) in [5.41, 5.74) is 3.23. The molecule has 0 saturated carbocycles. The quantitative estimate of drug-likeness (QED) is 0.626. The molecule has 1 aliphatic carbocycles. The molecule has 1 heterocycles. The maximum Gasteiger partial charge on any atom is 0.204 e. The lowest BCUT2D eigenvalue weighted by Gasteiger charge is -2.06. The lowest BCUT2D eigenvalue weighted by Crippen LogP contribution is -2.01. The Kier molecular flexibility index (Phi) is 3.67. The first-order valence-corrected chi connectivity index (χ1v) is 8.58. The van der Waals surface area contributed by atoms with E-state index < -0.39 is 0 Å². The number of hydrogen-bond acceptors (Lipinski definition) is 2. The zero-order valence-electron chi connectivity index (χ0n) is 10.4. The van der Waals surface area contributed by atoms with Crippen molar-refractivity contribution in [2.45, 2.75) is 26.2 Å². The highest BCUT2D eigenvalue weighted by Crippen LogP contribution is 2.34.